The lowest BCUT2D eigenvalue weighted by atomic mass is 10.3. The standard InChI is InChI=1S/C10H10BrN3O2/c1-6(2)16-10-12-8-4-3-7(11)5-9(8)14(15)13-10/h3-6H,1-2H3. The molecule has 0 bridgehead atoms. The van der Waals surface area contributed by atoms with Gasteiger partial charge >= 0.3 is 6.01 Å². The van der Waals surface area contributed by atoms with Crippen LogP contribution < -0.4 is 9.58 Å². The van der Waals surface area contributed by atoms with E-state index < -0.39 is 0 Å². The molecule has 0 unspecified atom stereocenters. The lowest BCUT2D eigenvalue weighted by Gasteiger charge is -2.06. The van der Waals surface area contributed by atoms with E-state index in [9.17, 15) is 5.21 Å². The molecular formula is C10H10BrN3O2. The summed E-state index contributed by atoms with van der Waals surface area (Å²) in [4.78, 5) is 4.66. The largest absolute Gasteiger partial charge is 0.594 e. The quantitative estimate of drug-likeness (QED) is 0.623. The van der Waals surface area contributed by atoms with E-state index in [1.165, 1.54) is 0 Å². The number of hydrogen-bond donors (Lipinski definition) is 0. The first-order chi connectivity index (χ1) is 7.56. The van der Waals surface area contributed by atoms with Crippen LogP contribution in [0.15, 0.2) is 22.7 Å². The monoisotopic (exact) mass is 283 g/mol. The maximum Gasteiger partial charge on any atom is 0.381 e. The summed E-state index contributed by atoms with van der Waals surface area (Å²) in [5, 5.41) is 15.3. The smallest absolute Gasteiger partial charge is 0.381 e. The van der Waals surface area contributed by atoms with E-state index >= 15 is 0 Å². The zero-order valence-electron chi connectivity index (χ0n) is 8.85. The first-order valence-corrected chi connectivity index (χ1v) is 5.59. The molecule has 6 heteroatoms. The number of fused-ring (bicyclic) bond motifs is 1. The molecular weight excluding hydrogens is 274 g/mol. The van der Waals surface area contributed by atoms with Crippen molar-refractivity contribution in [2.75, 3.05) is 0 Å². The second-order valence-corrected chi connectivity index (χ2v) is 4.48. The van der Waals surface area contributed by atoms with Crippen LogP contribution in [-0.4, -0.2) is 16.2 Å². The van der Waals surface area contributed by atoms with Gasteiger partial charge in [0, 0.05) is 10.5 Å². The molecule has 2 rings (SSSR count). The van der Waals surface area contributed by atoms with Gasteiger partial charge in [-0.25, -0.2) is 0 Å². The number of nitrogens with zero attached hydrogens (tertiary/aromatic N) is 3. The van der Waals surface area contributed by atoms with Crippen LogP contribution in [0.25, 0.3) is 11.0 Å². The van der Waals surface area contributed by atoms with Crippen LogP contribution >= 0.6 is 15.9 Å². The van der Waals surface area contributed by atoms with Gasteiger partial charge in [0.05, 0.1) is 11.2 Å². The van der Waals surface area contributed by atoms with Gasteiger partial charge in [0.25, 0.3) is 5.52 Å². The number of hydrogen-bond acceptors (Lipinski definition) is 4. The van der Waals surface area contributed by atoms with Crippen LogP contribution in [0, 0.1) is 5.21 Å². The third-order valence-electron chi connectivity index (χ3n) is 1.88. The molecule has 1 aromatic heterocycles. The molecule has 0 atom stereocenters. The molecule has 0 N–H and O–H groups in total. The van der Waals surface area contributed by atoms with Crippen LogP contribution in [-0.2, 0) is 0 Å². The molecule has 0 aliphatic heterocycles. The third-order valence-corrected chi connectivity index (χ3v) is 2.37. The Balaban J connectivity index is 2.55. The maximum atomic E-state index is 11.6. The summed E-state index contributed by atoms with van der Waals surface area (Å²) >= 11 is 3.29. The predicted molar refractivity (Wildman–Crippen MR) is 62.0 cm³/mol. The van der Waals surface area contributed by atoms with Gasteiger partial charge in [-0.05, 0) is 30.8 Å². The fourth-order valence-electron chi connectivity index (χ4n) is 1.26. The van der Waals surface area contributed by atoms with E-state index in [0.717, 1.165) is 4.47 Å². The zero-order chi connectivity index (χ0) is 11.7. The molecule has 16 heavy (non-hydrogen) atoms. The van der Waals surface area contributed by atoms with Gasteiger partial charge < -0.3 is 9.94 Å². The van der Waals surface area contributed by atoms with Crippen molar-refractivity contribution in [3.8, 4) is 6.01 Å². The minimum absolute atomic E-state index is 0.0621. The molecule has 0 radical (unpaired) electrons. The van der Waals surface area contributed by atoms with Crippen molar-refractivity contribution in [1.82, 2.24) is 10.1 Å². The highest BCUT2D eigenvalue weighted by molar-refractivity contribution is 9.10. The topological polar surface area (TPSA) is 62.0 Å². The highest BCUT2D eigenvalue weighted by Gasteiger charge is 2.12. The van der Waals surface area contributed by atoms with Crippen molar-refractivity contribution >= 4 is 27.0 Å². The Bertz CT molecular complexity index is 531. The Morgan fingerprint density at radius 3 is 2.88 bits per heavy atom. The van der Waals surface area contributed by atoms with Gasteiger partial charge in [-0.2, -0.15) is 4.98 Å². The minimum Gasteiger partial charge on any atom is -0.594 e. The molecule has 0 fully saturated rings. The Labute approximate surface area is 101 Å². The van der Waals surface area contributed by atoms with Crippen molar-refractivity contribution in [2.45, 2.75) is 20.0 Å². The Kier molecular flexibility index (Phi) is 2.91. The molecule has 0 amide bonds. The van der Waals surface area contributed by atoms with Crippen molar-refractivity contribution in [1.29, 1.82) is 0 Å². The zero-order valence-corrected chi connectivity index (χ0v) is 10.4. The molecule has 0 spiro atoms. The van der Waals surface area contributed by atoms with Crippen LogP contribution in [0.1, 0.15) is 13.8 Å². The number of rotatable bonds is 2. The molecule has 5 nitrogen and oxygen atoms in total. The normalized spacial score (nSPS) is 11.0. The summed E-state index contributed by atoms with van der Waals surface area (Å²) < 4.78 is 6.09. The summed E-state index contributed by atoms with van der Waals surface area (Å²) in [5.74, 6) is 0. The SMILES string of the molecule is CC(C)Oc1nc2ccc(Br)cc2[n+]([O-])n1. The van der Waals surface area contributed by atoms with Crippen molar-refractivity contribution in [3.63, 3.8) is 0 Å². The molecule has 0 aliphatic carbocycles. The van der Waals surface area contributed by atoms with E-state index in [2.05, 4.69) is 26.0 Å². The second-order valence-electron chi connectivity index (χ2n) is 3.57. The Morgan fingerprint density at radius 2 is 2.19 bits per heavy atom. The molecule has 2 aromatic rings. The number of halogens is 1. The number of benzene rings is 1. The van der Waals surface area contributed by atoms with Crippen LogP contribution in [0.4, 0.5) is 0 Å². The lowest BCUT2D eigenvalue weighted by Crippen LogP contribution is -2.33. The fourth-order valence-corrected chi connectivity index (χ4v) is 1.61. The Morgan fingerprint density at radius 1 is 1.44 bits per heavy atom. The van der Waals surface area contributed by atoms with E-state index in [4.69, 9.17) is 4.74 Å². The van der Waals surface area contributed by atoms with Gasteiger partial charge in [0.15, 0.2) is 0 Å². The van der Waals surface area contributed by atoms with Crippen LogP contribution in [0.3, 0.4) is 0 Å². The minimum atomic E-state index is -0.0621. The number of ether oxygens (including phenoxy) is 1. The molecule has 0 saturated heterocycles. The molecule has 0 aliphatic rings. The molecule has 1 heterocycles. The van der Waals surface area contributed by atoms with Crippen molar-refractivity contribution < 1.29 is 9.58 Å². The van der Waals surface area contributed by atoms with Crippen molar-refractivity contribution in [3.05, 3.63) is 27.9 Å². The summed E-state index contributed by atoms with van der Waals surface area (Å²) in [7, 11) is 0. The van der Waals surface area contributed by atoms with Crippen LogP contribution in [0.5, 0.6) is 6.01 Å². The summed E-state index contributed by atoms with van der Waals surface area (Å²) in [5.41, 5.74) is 0.967. The summed E-state index contributed by atoms with van der Waals surface area (Å²) in [6.45, 7) is 3.70. The molecule has 84 valence electrons. The van der Waals surface area contributed by atoms with E-state index in [1.54, 1.807) is 12.1 Å². The highest BCUT2D eigenvalue weighted by Crippen LogP contribution is 2.16. The second kappa shape index (κ2) is 4.21. The van der Waals surface area contributed by atoms with E-state index in [-0.39, 0.29) is 12.1 Å². The summed E-state index contributed by atoms with van der Waals surface area (Å²) in [6, 6.07) is 5.32. The highest BCUT2D eigenvalue weighted by atomic mass is 79.9. The predicted octanol–water partition coefficient (Wildman–Crippen LogP) is 1.81. The van der Waals surface area contributed by atoms with Gasteiger partial charge in [-0.3, -0.25) is 0 Å². The molecule has 0 saturated carbocycles. The molecule has 1 aromatic carbocycles. The Hall–Kier alpha value is -1.43. The maximum absolute atomic E-state index is 11.6. The first kappa shape index (κ1) is 11.1. The average Bonchev–Trinajstić information content (AvgIpc) is 2.18. The number of aromatic nitrogens is 3. The average molecular weight is 284 g/mol. The van der Waals surface area contributed by atoms with Gasteiger partial charge in [-0.1, -0.05) is 15.9 Å². The first-order valence-electron chi connectivity index (χ1n) is 4.80. The van der Waals surface area contributed by atoms with Crippen LogP contribution in [0.2, 0.25) is 0 Å². The van der Waals surface area contributed by atoms with Gasteiger partial charge in [0.2, 0.25) is 0 Å². The lowest BCUT2D eigenvalue weighted by molar-refractivity contribution is -0.644. The van der Waals surface area contributed by atoms with E-state index in [1.807, 2.05) is 19.9 Å². The van der Waals surface area contributed by atoms with Gasteiger partial charge in [-0.15, -0.1) is 0 Å². The van der Waals surface area contributed by atoms with Crippen molar-refractivity contribution in [2.24, 2.45) is 0 Å². The third kappa shape index (κ3) is 2.21. The summed E-state index contributed by atoms with van der Waals surface area (Å²) in [6.07, 6.45) is -0.0621. The van der Waals surface area contributed by atoms with E-state index in [0.29, 0.717) is 15.9 Å². The fraction of sp³-hybridized carbons (Fsp3) is 0.300. The van der Waals surface area contributed by atoms with Gasteiger partial charge in [0.1, 0.15) is 5.52 Å².